The highest BCUT2D eigenvalue weighted by atomic mass is 16.6. The molecule has 1 saturated heterocycles. The highest BCUT2D eigenvalue weighted by Crippen LogP contribution is 2.26. The van der Waals surface area contributed by atoms with Crippen molar-refractivity contribution in [2.75, 3.05) is 23.4 Å². The molecule has 9 nitrogen and oxygen atoms in total. The molecule has 3 rings (SSSR count). The SMILES string of the molecule is Cc1ccc(N2C[C@@H](C(=O)OCC(=O)Nc3ccc([N+](=O)[O-])cc3)CC2=O)cc1. The first-order valence-electron chi connectivity index (χ1n) is 8.91. The fraction of sp³-hybridized carbons (Fsp3) is 0.250. The number of carbonyl (C=O) groups excluding carboxylic acids is 3. The molecule has 0 aliphatic carbocycles. The number of nitrogens with zero attached hydrogens (tertiary/aromatic N) is 2. The van der Waals surface area contributed by atoms with E-state index in [1.165, 1.54) is 29.2 Å². The van der Waals surface area contributed by atoms with E-state index in [4.69, 9.17) is 4.74 Å². The van der Waals surface area contributed by atoms with Gasteiger partial charge in [0.05, 0.1) is 10.8 Å². The third-order valence-corrected chi connectivity index (χ3v) is 4.51. The number of carbonyl (C=O) groups is 3. The lowest BCUT2D eigenvalue weighted by atomic mass is 10.1. The number of nitrogens with one attached hydrogen (secondary N) is 1. The normalized spacial score (nSPS) is 15.8. The van der Waals surface area contributed by atoms with Gasteiger partial charge in [-0.2, -0.15) is 0 Å². The van der Waals surface area contributed by atoms with Crippen LogP contribution in [-0.2, 0) is 19.1 Å². The second-order valence-corrected chi connectivity index (χ2v) is 6.70. The van der Waals surface area contributed by atoms with Crippen molar-refractivity contribution in [1.29, 1.82) is 0 Å². The summed E-state index contributed by atoms with van der Waals surface area (Å²) in [7, 11) is 0. The van der Waals surface area contributed by atoms with Crippen molar-refractivity contribution in [3.8, 4) is 0 Å². The number of amides is 2. The van der Waals surface area contributed by atoms with Gasteiger partial charge in [-0.1, -0.05) is 17.7 Å². The van der Waals surface area contributed by atoms with Crippen LogP contribution in [0.2, 0.25) is 0 Å². The van der Waals surface area contributed by atoms with E-state index in [0.29, 0.717) is 11.4 Å². The lowest BCUT2D eigenvalue weighted by Crippen LogP contribution is -2.28. The van der Waals surface area contributed by atoms with Crippen LogP contribution in [0, 0.1) is 23.0 Å². The molecule has 0 spiro atoms. The first-order valence-corrected chi connectivity index (χ1v) is 8.91. The molecule has 29 heavy (non-hydrogen) atoms. The van der Waals surface area contributed by atoms with Crippen LogP contribution in [0.4, 0.5) is 17.1 Å². The highest BCUT2D eigenvalue weighted by molar-refractivity contribution is 6.00. The molecule has 0 aromatic heterocycles. The van der Waals surface area contributed by atoms with Gasteiger partial charge in [-0.15, -0.1) is 0 Å². The van der Waals surface area contributed by atoms with Crippen LogP contribution in [0.25, 0.3) is 0 Å². The summed E-state index contributed by atoms with van der Waals surface area (Å²) in [5, 5.41) is 13.1. The van der Waals surface area contributed by atoms with Gasteiger partial charge in [-0.05, 0) is 31.2 Å². The minimum atomic E-state index is -0.643. The fourth-order valence-corrected chi connectivity index (χ4v) is 2.96. The van der Waals surface area contributed by atoms with Gasteiger partial charge in [0.2, 0.25) is 5.91 Å². The second-order valence-electron chi connectivity index (χ2n) is 6.70. The van der Waals surface area contributed by atoms with Crippen LogP contribution < -0.4 is 10.2 Å². The van der Waals surface area contributed by atoms with Crippen molar-refractivity contribution >= 4 is 34.8 Å². The highest BCUT2D eigenvalue weighted by Gasteiger charge is 2.36. The number of ether oxygens (including phenoxy) is 1. The standard InChI is InChI=1S/C20H19N3O6/c1-13-2-6-16(7-3-13)22-11-14(10-19(22)25)20(26)29-12-18(24)21-15-4-8-17(9-5-15)23(27)28/h2-9,14H,10-12H2,1H3,(H,21,24)/t14-/m0/s1. The molecule has 2 aromatic carbocycles. The van der Waals surface area contributed by atoms with E-state index >= 15 is 0 Å². The first-order chi connectivity index (χ1) is 13.8. The molecule has 2 amide bonds. The topological polar surface area (TPSA) is 119 Å². The Kier molecular flexibility index (Phi) is 5.87. The van der Waals surface area contributed by atoms with Crippen molar-refractivity contribution in [2.24, 2.45) is 5.92 Å². The molecule has 0 bridgehead atoms. The summed E-state index contributed by atoms with van der Waals surface area (Å²) in [6.45, 7) is 1.63. The van der Waals surface area contributed by atoms with E-state index in [0.717, 1.165) is 5.56 Å². The maximum Gasteiger partial charge on any atom is 0.311 e. The van der Waals surface area contributed by atoms with Gasteiger partial charge in [0, 0.05) is 36.5 Å². The van der Waals surface area contributed by atoms with Gasteiger partial charge in [-0.3, -0.25) is 24.5 Å². The summed E-state index contributed by atoms with van der Waals surface area (Å²) >= 11 is 0. The van der Waals surface area contributed by atoms with Gasteiger partial charge in [0.15, 0.2) is 6.61 Å². The molecule has 2 aromatic rings. The summed E-state index contributed by atoms with van der Waals surface area (Å²) in [6, 6.07) is 12.7. The summed E-state index contributed by atoms with van der Waals surface area (Å²) < 4.78 is 5.04. The van der Waals surface area contributed by atoms with E-state index in [1.54, 1.807) is 0 Å². The molecule has 1 N–H and O–H groups in total. The quantitative estimate of drug-likeness (QED) is 0.454. The zero-order chi connectivity index (χ0) is 21.0. The Labute approximate surface area is 166 Å². The summed E-state index contributed by atoms with van der Waals surface area (Å²) in [6.07, 6.45) is 0.0245. The van der Waals surface area contributed by atoms with Crippen LogP contribution in [0.1, 0.15) is 12.0 Å². The van der Waals surface area contributed by atoms with Crippen LogP contribution in [0.3, 0.4) is 0 Å². The van der Waals surface area contributed by atoms with Gasteiger partial charge in [0.1, 0.15) is 0 Å². The van der Waals surface area contributed by atoms with Gasteiger partial charge in [-0.25, -0.2) is 0 Å². The number of non-ortho nitro benzene ring substituents is 1. The molecule has 1 fully saturated rings. The number of hydrogen-bond donors (Lipinski definition) is 1. The average Bonchev–Trinajstić information content (AvgIpc) is 3.09. The summed E-state index contributed by atoms with van der Waals surface area (Å²) in [4.78, 5) is 48.0. The van der Waals surface area contributed by atoms with Crippen LogP contribution in [0.5, 0.6) is 0 Å². The van der Waals surface area contributed by atoms with Crippen molar-refractivity contribution in [1.82, 2.24) is 0 Å². The molecule has 1 aliphatic heterocycles. The third-order valence-electron chi connectivity index (χ3n) is 4.51. The maximum atomic E-state index is 12.2. The van der Waals surface area contributed by atoms with Crippen molar-refractivity contribution in [2.45, 2.75) is 13.3 Å². The Morgan fingerprint density at radius 1 is 1.17 bits per heavy atom. The number of nitro groups is 1. The summed E-state index contributed by atoms with van der Waals surface area (Å²) in [5.74, 6) is -2.01. The predicted molar refractivity (Wildman–Crippen MR) is 104 cm³/mol. The molecule has 9 heteroatoms. The lowest BCUT2D eigenvalue weighted by Gasteiger charge is -2.16. The minimum absolute atomic E-state index is 0.0245. The minimum Gasteiger partial charge on any atom is -0.455 e. The predicted octanol–water partition coefficient (Wildman–Crippen LogP) is 2.44. The molecule has 0 radical (unpaired) electrons. The van der Waals surface area contributed by atoms with E-state index in [-0.39, 0.29) is 24.6 Å². The second kappa shape index (κ2) is 8.51. The molecular formula is C20H19N3O6. The Bertz CT molecular complexity index is 940. The smallest absolute Gasteiger partial charge is 0.311 e. The number of anilines is 2. The lowest BCUT2D eigenvalue weighted by molar-refractivity contribution is -0.384. The molecule has 1 heterocycles. The number of aryl methyl sites for hydroxylation is 1. The van der Waals surface area contributed by atoms with Gasteiger partial charge in [0.25, 0.3) is 11.6 Å². The number of rotatable bonds is 6. The monoisotopic (exact) mass is 397 g/mol. The Morgan fingerprint density at radius 3 is 2.45 bits per heavy atom. The van der Waals surface area contributed by atoms with E-state index < -0.39 is 29.3 Å². The first kappa shape index (κ1) is 20.0. The molecule has 0 saturated carbocycles. The van der Waals surface area contributed by atoms with E-state index in [1.807, 2.05) is 31.2 Å². The van der Waals surface area contributed by atoms with Crippen LogP contribution in [0.15, 0.2) is 48.5 Å². The van der Waals surface area contributed by atoms with Crippen molar-refractivity contribution in [3.63, 3.8) is 0 Å². The zero-order valence-electron chi connectivity index (χ0n) is 15.7. The Balaban J connectivity index is 1.50. The van der Waals surface area contributed by atoms with E-state index in [2.05, 4.69) is 5.32 Å². The Morgan fingerprint density at radius 2 is 1.83 bits per heavy atom. The van der Waals surface area contributed by atoms with E-state index in [9.17, 15) is 24.5 Å². The fourth-order valence-electron chi connectivity index (χ4n) is 2.96. The van der Waals surface area contributed by atoms with Crippen LogP contribution >= 0.6 is 0 Å². The van der Waals surface area contributed by atoms with Crippen molar-refractivity contribution < 1.29 is 24.0 Å². The number of esters is 1. The molecule has 1 atom stereocenters. The van der Waals surface area contributed by atoms with Gasteiger partial charge >= 0.3 is 5.97 Å². The van der Waals surface area contributed by atoms with Gasteiger partial charge < -0.3 is 15.0 Å². The average molecular weight is 397 g/mol. The van der Waals surface area contributed by atoms with Crippen molar-refractivity contribution in [3.05, 3.63) is 64.2 Å². The molecule has 1 aliphatic rings. The number of hydrogen-bond acceptors (Lipinski definition) is 6. The number of nitro benzene ring substituents is 1. The summed E-state index contributed by atoms with van der Waals surface area (Å²) in [5.41, 5.74) is 2.03. The number of benzene rings is 2. The Hall–Kier alpha value is -3.75. The largest absolute Gasteiger partial charge is 0.455 e. The van der Waals surface area contributed by atoms with Crippen LogP contribution in [-0.4, -0.2) is 35.9 Å². The molecule has 150 valence electrons. The maximum absolute atomic E-state index is 12.2. The third kappa shape index (κ3) is 4.95. The molecule has 0 unspecified atom stereocenters. The molecular weight excluding hydrogens is 378 g/mol. The zero-order valence-corrected chi connectivity index (χ0v) is 15.7.